The van der Waals surface area contributed by atoms with Crippen molar-refractivity contribution in [2.24, 2.45) is 5.41 Å². The minimum Gasteiger partial charge on any atom is -0.497 e. The van der Waals surface area contributed by atoms with Crippen molar-refractivity contribution in [3.63, 3.8) is 0 Å². The van der Waals surface area contributed by atoms with Crippen LogP contribution in [0.5, 0.6) is 11.5 Å². The van der Waals surface area contributed by atoms with Crippen molar-refractivity contribution in [2.75, 3.05) is 33.9 Å². The number of rotatable bonds is 5. The van der Waals surface area contributed by atoms with Crippen LogP contribution in [0.4, 0.5) is 0 Å². The van der Waals surface area contributed by atoms with Crippen LogP contribution < -0.4 is 14.8 Å². The fourth-order valence-electron chi connectivity index (χ4n) is 2.84. The number of hydrogen-bond acceptors (Lipinski definition) is 4. The molecule has 1 heterocycles. The largest absolute Gasteiger partial charge is 0.497 e. The average Bonchev–Trinajstić information content (AvgIpc) is 2.77. The fraction of sp³-hybridized carbons (Fsp3) is 0.647. The van der Waals surface area contributed by atoms with Crippen LogP contribution in [0, 0.1) is 5.41 Å². The highest BCUT2D eigenvalue weighted by Crippen LogP contribution is 2.35. The quantitative estimate of drug-likeness (QED) is 0.905. The molecule has 118 valence electrons. The molecule has 21 heavy (non-hydrogen) atoms. The van der Waals surface area contributed by atoms with Gasteiger partial charge in [-0.25, -0.2) is 0 Å². The molecule has 1 aliphatic heterocycles. The van der Waals surface area contributed by atoms with E-state index in [0.29, 0.717) is 0 Å². The van der Waals surface area contributed by atoms with Crippen LogP contribution in [0.3, 0.4) is 0 Å². The van der Waals surface area contributed by atoms with Crippen molar-refractivity contribution in [1.82, 2.24) is 5.32 Å². The molecule has 0 aromatic heterocycles. The van der Waals surface area contributed by atoms with E-state index in [4.69, 9.17) is 14.2 Å². The zero-order chi connectivity index (χ0) is 15.3. The lowest BCUT2D eigenvalue weighted by atomic mass is 9.83. The van der Waals surface area contributed by atoms with Gasteiger partial charge in [0.2, 0.25) is 0 Å². The summed E-state index contributed by atoms with van der Waals surface area (Å²) < 4.78 is 17.0. The van der Waals surface area contributed by atoms with Crippen LogP contribution in [0.15, 0.2) is 18.2 Å². The molecule has 1 unspecified atom stereocenters. The number of ether oxygens (including phenoxy) is 3. The highest BCUT2D eigenvalue weighted by molar-refractivity contribution is 5.42. The van der Waals surface area contributed by atoms with E-state index in [-0.39, 0.29) is 11.5 Å². The van der Waals surface area contributed by atoms with Crippen molar-refractivity contribution in [3.8, 4) is 11.5 Å². The molecule has 0 spiro atoms. The lowest BCUT2D eigenvalue weighted by molar-refractivity contribution is 0.00927. The van der Waals surface area contributed by atoms with Gasteiger partial charge in [0, 0.05) is 30.1 Å². The lowest BCUT2D eigenvalue weighted by Crippen LogP contribution is -2.34. The van der Waals surface area contributed by atoms with E-state index in [0.717, 1.165) is 49.6 Å². The standard InChI is InChI=1S/C17H27NO3/c1-5-17(6-2)11-18-10-16(21-12-17)14-8-7-13(19-3)9-15(14)20-4/h7-9,16,18H,5-6,10-12H2,1-4H3. The zero-order valence-electron chi connectivity index (χ0n) is 13.6. The third kappa shape index (κ3) is 3.50. The van der Waals surface area contributed by atoms with Crippen molar-refractivity contribution >= 4 is 0 Å². The Morgan fingerprint density at radius 3 is 2.62 bits per heavy atom. The Balaban J connectivity index is 2.19. The van der Waals surface area contributed by atoms with Gasteiger partial charge >= 0.3 is 0 Å². The first kappa shape index (κ1) is 16.1. The van der Waals surface area contributed by atoms with Crippen LogP contribution in [-0.4, -0.2) is 33.9 Å². The highest BCUT2D eigenvalue weighted by atomic mass is 16.5. The minimum atomic E-state index is 0.0193. The molecule has 1 atom stereocenters. The summed E-state index contributed by atoms with van der Waals surface area (Å²) in [7, 11) is 3.35. The Hall–Kier alpha value is -1.26. The molecule has 1 N–H and O–H groups in total. The van der Waals surface area contributed by atoms with Gasteiger partial charge < -0.3 is 19.5 Å². The second kappa shape index (κ2) is 7.14. The van der Waals surface area contributed by atoms with E-state index in [1.807, 2.05) is 18.2 Å². The van der Waals surface area contributed by atoms with E-state index >= 15 is 0 Å². The van der Waals surface area contributed by atoms with E-state index < -0.39 is 0 Å². The molecular weight excluding hydrogens is 266 g/mol. The maximum atomic E-state index is 6.22. The van der Waals surface area contributed by atoms with Crippen molar-refractivity contribution in [2.45, 2.75) is 32.8 Å². The summed E-state index contributed by atoms with van der Waals surface area (Å²) >= 11 is 0. The third-order valence-electron chi connectivity index (χ3n) is 4.71. The van der Waals surface area contributed by atoms with Crippen molar-refractivity contribution in [3.05, 3.63) is 23.8 Å². The molecule has 0 saturated carbocycles. The molecule has 0 bridgehead atoms. The molecule has 4 nitrogen and oxygen atoms in total. The summed E-state index contributed by atoms with van der Waals surface area (Å²) in [6.45, 7) is 7.08. The molecule has 0 aliphatic carbocycles. The molecular formula is C17H27NO3. The molecule has 1 aromatic rings. The summed E-state index contributed by atoms with van der Waals surface area (Å²) in [5, 5.41) is 3.56. The Kier molecular flexibility index (Phi) is 5.48. The SMILES string of the molecule is CCC1(CC)CNCC(c2ccc(OC)cc2OC)OC1. The summed E-state index contributed by atoms with van der Waals surface area (Å²) in [4.78, 5) is 0. The smallest absolute Gasteiger partial charge is 0.128 e. The maximum absolute atomic E-state index is 6.22. The van der Waals surface area contributed by atoms with Crippen LogP contribution in [0.2, 0.25) is 0 Å². The summed E-state index contributed by atoms with van der Waals surface area (Å²) in [5.41, 5.74) is 1.32. The molecule has 1 aliphatic rings. The number of benzene rings is 1. The molecule has 1 aromatic carbocycles. The Morgan fingerprint density at radius 2 is 2.00 bits per heavy atom. The third-order valence-corrected chi connectivity index (χ3v) is 4.71. The molecule has 0 radical (unpaired) electrons. The highest BCUT2D eigenvalue weighted by Gasteiger charge is 2.31. The van der Waals surface area contributed by atoms with Crippen LogP contribution in [-0.2, 0) is 4.74 Å². The van der Waals surface area contributed by atoms with Gasteiger partial charge in [0.05, 0.1) is 26.9 Å². The Labute approximate surface area is 127 Å². The molecule has 0 amide bonds. The summed E-state index contributed by atoms with van der Waals surface area (Å²) in [6, 6.07) is 5.91. The van der Waals surface area contributed by atoms with Crippen LogP contribution in [0.1, 0.15) is 38.4 Å². The molecule has 1 fully saturated rings. The first-order valence-electron chi connectivity index (χ1n) is 7.72. The van der Waals surface area contributed by atoms with Gasteiger partial charge in [0.25, 0.3) is 0 Å². The van der Waals surface area contributed by atoms with E-state index in [9.17, 15) is 0 Å². The van der Waals surface area contributed by atoms with Crippen molar-refractivity contribution < 1.29 is 14.2 Å². The van der Waals surface area contributed by atoms with Crippen LogP contribution in [0.25, 0.3) is 0 Å². The number of nitrogens with one attached hydrogen (secondary N) is 1. The van der Waals surface area contributed by atoms with Gasteiger partial charge in [0.15, 0.2) is 0 Å². The molecule has 1 saturated heterocycles. The second-order valence-corrected chi connectivity index (χ2v) is 5.75. The zero-order valence-corrected chi connectivity index (χ0v) is 13.6. The predicted molar refractivity (Wildman–Crippen MR) is 84.1 cm³/mol. The Morgan fingerprint density at radius 1 is 1.24 bits per heavy atom. The van der Waals surface area contributed by atoms with Gasteiger partial charge in [-0.05, 0) is 25.0 Å². The first-order chi connectivity index (χ1) is 10.2. The van der Waals surface area contributed by atoms with E-state index in [1.165, 1.54) is 0 Å². The lowest BCUT2D eigenvalue weighted by Gasteiger charge is -2.29. The summed E-state index contributed by atoms with van der Waals surface area (Å²) in [6.07, 6.45) is 2.28. The first-order valence-corrected chi connectivity index (χ1v) is 7.72. The van der Waals surface area contributed by atoms with Crippen molar-refractivity contribution in [1.29, 1.82) is 0 Å². The topological polar surface area (TPSA) is 39.7 Å². The van der Waals surface area contributed by atoms with Crippen LogP contribution >= 0.6 is 0 Å². The van der Waals surface area contributed by atoms with E-state index in [2.05, 4.69) is 19.2 Å². The number of methoxy groups -OCH3 is 2. The van der Waals surface area contributed by atoms with Gasteiger partial charge in [-0.1, -0.05) is 13.8 Å². The average molecular weight is 293 g/mol. The predicted octanol–water partition coefficient (Wildman–Crippen LogP) is 3.17. The maximum Gasteiger partial charge on any atom is 0.128 e. The van der Waals surface area contributed by atoms with Gasteiger partial charge in [0.1, 0.15) is 11.5 Å². The van der Waals surface area contributed by atoms with Gasteiger partial charge in [-0.3, -0.25) is 0 Å². The normalized spacial score (nSPS) is 21.6. The summed E-state index contributed by atoms with van der Waals surface area (Å²) in [5.74, 6) is 1.62. The Bertz CT molecular complexity index is 457. The molecule has 2 rings (SSSR count). The second-order valence-electron chi connectivity index (χ2n) is 5.75. The minimum absolute atomic E-state index is 0.0193. The van der Waals surface area contributed by atoms with Gasteiger partial charge in [-0.2, -0.15) is 0 Å². The monoisotopic (exact) mass is 293 g/mol. The fourth-order valence-corrected chi connectivity index (χ4v) is 2.84. The number of hydrogen-bond donors (Lipinski definition) is 1. The van der Waals surface area contributed by atoms with Gasteiger partial charge in [-0.15, -0.1) is 0 Å². The molecule has 4 heteroatoms. The van der Waals surface area contributed by atoms with E-state index in [1.54, 1.807) is 14.2 Å².